The zero-order valence-corrected chi connectivity index (χ0v) is 11.4. The maximum atomic E-state index is 11.7. The Labute approximate surface area is 117 Å². The van der Waals surface area contributed by atoms with Gasteiger partial charge >= 0.3 is 11.7 Å². The van der Waals surface area contributed by atoms with E-state index in [0.29, 0.717) is 18.2 Å². The van der Waals surface area contributed by atoms with Crippen molar-refractivity contribution in [3.05, 3.63) is 28.8 Å². The van der Waals surface area contributed by atoms with Gasteiger partial charge in [0, 0.05) is 6.07 Å². The van der Waals surface area contributed by atoms with Gasteiger partial charge in [0.05, 0.1) is 24.2 Å². The predicted octanol–water partition coefficient (Wildman–Crippen LogP) is 0.531. The number of carboxylic acid groups (broad SMARTS) is 1. The first-order valence-electron chi connectivity index (χ1n) is 5.73. The molecule has 0 saturated carbocycles. The minimum absolute atomic E-state index is 0.186. The lowest BCUT2D eigenvalue weighted by Gasteiger charge is -2.05. The van der Waals surface area contributed by atoms with Crippen molar-refractivity contribution < 1.29 is 14.6 Å². The van der Waals surface area contributed by atoms with E-state index in [0.717, 1.165) is 11.8 Å². The summed E-state index contributed by atoms with van der Waals surface area (Å²) in [5, 5.41) is 15.0. The Morgan fingerprint density at radius 2 is 2.35 bits per heavy atom. The number of carbonyl (C=O) groups is 1. The van der Waals surface area contributed by atoms with Crippen LogP contribution in [0.4, 0.5) is 0 Å². The Bertz CT molecular complexity index is 649. The van der Waals surface area contributed by atoms with Gasteiger partial charge in [-0.15, -0.1) is 5.10 Å². The third-order valence-electron chi connectivity index (χ3n) is 2.24. The summed E-state index contributed by atoms with van der Waals surface area (Å²) in [6.07, 6.45) is 1.47. The van der Waals surface area contributed by atoms with Gasteiger partial charge in [0.1, 0.15) is 0 Å². The number of aliphatic carboxylic acids is 1. The Kier molecular flexibility index (Phi) is 4.41. The van der Waals surface area contributed by atoms with Gasteiger partial charge in [0.25, 0.3) is 0 Å². The zero-order chi connectivity index (χ0) is 14.5. The van der Waals surface area contributed by atoms with Crippen LogP contribution in [-0.4, -0.2) is 43.2 Å². The number of ether oxygens (including phenoxy) is 1. The number of nitrogens with one attached hydrogen (secondary N) is 1. The van der Waals surface area contributed by atoms with Gasteiger partial charge in [-0.2, -0.15) is 0 Å². The summed E-state index contributed by atoms with van der Waals surface area (Å²) in [6, 6.07) is 3.28. The van der Waals surface area contributed by atoms with Crippen molar-refractivity contribution in [1.82, 2.24) is 19.7 Å². The molecule has 8 nitrogen and oxygen atoms in total. The van der Waals surface area contributed by atoms with Crippen molar-refractivity contribution in [2.75, 3.05) is 12.4 Å². The molecular weight excluding hydrogens is 284 g/mol. The summed E-state index contributed by atoms with van der Waals surface area (Å²) >= 11 is 0.947. The number of carboxylic acids is 1. The van der Waals surface area contributed by atoms with Gasteiger partial charge in [0.2, 0.25) is 5.88 Å². The lowest BCUT2D eigenvalue weighted by molar-refractivity contribution is -0.133. The summed E-state index contributed by atoms with van der Waals surface area (Å²) < 4.78 is 6.47. The maximum Gasteiger partial charge on any atom is 0.348 e. The van der Waals surface area contributed by atoms with Crippen molar-refractivity contribution in [3.63, 3.8) is 0 Å². The molecular formula is C11H12N4O4S. The Hall–Kier alpha value is -2.29. The molecule has 0 aliphatic carbocycles. The number of rotatable bonds is 6. The molecule has 2 rings (SSSR count). The minimum atomic E-state index is -0.984. The first kappa shape index (κ1) is 14.1. The highest BCUT2D eigenvalue weighted by atomic mass is 32.2. The van der Waals surface area contributed by atoms with E-state index in [2.05, 4.69) is 15.2 Å². The molecule has 0 bridgehead atoms. The standard InChI is InChI=1S/C11H12N4O4S/c1-2-19-8-4-3-7(5-12-8)15-10(18)13-14-11(15)20-6-9(16)17/h3-5H,2,6H2,1H3,(H,13,18)(H,16,17). The fourth-order valence-corrected chi connectivity index (χ4v) is 2.15. The van der Waals surface area contributed by atoms with E-state index in [4.69, 9.17) is 9.84 Å². The molecule has 0 spiro atoms. The second-order valence-electron chi connectivity index (χ2n) is 3.62. The Balaban J connectivity index is 2.29. The third kappa shape index (κ3) is 3.18. The van der Waals surface area contributed by atoms with Crippen LogP contribution in [0.1, 0.15) is 6.92 Å². The molecule has 0 unspecified atom stereocenters. The number of aromatic amines is 1. The molecule has 20 heavy (non-hydrogen) atoms. The van der Waals surface area contributed by atoms with Crippen LogP contribution in [0, 0.1) is 0 Å². The van der Waals surface area contributed by atoms with Gasteiger partial charge in [-0.05, 0) is 13.0 Å². The molecule has 0 aromatic carbocycles. The summed E-state index contributed by atoms with van der Waals surface area (Å²) in [5.41, 5.74) is 0.0314. The van der Waals surface area contributed by atoms with E-state index in [9.17, 15) is 9.59 Å². The van der Waals surface area contributed by atoms with Crippen LogP contribution in [0.3, 0.4) is 0 Å². The predicted molar refractivity (Wildman–Crippen MR) is 71.5 cm³/mol. The Morgan fingerprint density at radius 1 is 1.55 bits per heavy atom. The molecule has 0 radical (unpaired) electrons. The van der Waals surface area contributed by atoms with E-state index < -0.39 is 11.7 Å². The zero-order valence-electron chi connectivity index (χ0n) is 10.6. The van der Waals surface area contributed by atoms with Crippen molar-refractivity contribution in [3.8, 4) is 11.6 Å². The molecule has 0 aliphatic rings. The number of aromatic nitrogens is 4. The van der Waals surface area contributed by atoms with Crippen LogP contribution >= 0.6 is 11.8 Å². The van der Waals surface area contributed by atoms with Gasteiger partial charge < -0.3 is 9.84 Å². The van der Waals surface area contributed by atoms with E-state index >= 15 is 0 Å². The molecule has 0 aliphatic heterocycles. The van der Waals surface area contributed by atoms with Crippen LogP contribution in [0.2, 0.25) is 0 Å². The van der Waals surface area contributed by atoms with Crippen molar-refractivity contribution >= 4 is 17.7 Å². The number of nitrogens with zero attached hydrogens (tertiary/aromatic N) is 3. The number of hydrogen-bond acceptors (Lipinski definition) is 6. The van der Waals surface area contributed by atoms with Gasteiger partial charge in [-0.25, -0.2) is 19.4 Å². The molecule has 2 N–H and O–H groups in total. The normalized spacial score (nSPS) is 10.4. The van der Waals surface area contributed by atoms with Crippen LogP contribution in [0.25, 0.3) is 5.69 Å². The monoisotopic (exact) mass is 296 g/mol. The van der Waals surface area contributed by atoms with Crippen LogP contribution in [0.5, 0.6) is 5.88 Å². The van der Waals surface area contributed by atoms with E-state index in [1.807, 2.05) is 6.92 Å². The molecule has 2 aromatic rings. The second-order valence-corrected chi connectivity index (χ2v) is 4.56. The first-order valence-corrected chi connectivity index (χ1v) is 6.71. The highest BCUT2D eigenvalue weighted by Crippen LogP contribution is 2.18. The second kappa shape index (κ2) is 6.24. The minimum Gasteiger partial charge on any atom is -0.481 e. The van der Waals surface area contributed by atoms with Gasteiger partial charge in [-0.3, -0.25) is 4.79 Å². The molecule has 2 heterocycles. The van der Waals surface area contributed by atoms with Crippen molar-refractivity contribution in [1.29, 1.82) is 0 Å². The van der Waals surface area contributed by atoms with E-state index in [-0.39, 0.29) is 10.9 Å². The maximum absolute atomic E-state index is 11.7. The number of hydrogen-bond donors (Lipinski definition) is 2. The lowest BCUT2D eigenvalue weighted by Crippen LogP contribution is -2.16. The lowest BCUT2D eigenvalue weighted by atomic mass is 10.4. The SMILES string of the molecule is CCOc1ccc(-n2c(SCC(=O)O)n[nH]c2=O)cn1. The quantitative estimate of drug-likeness (QED) is 0.748. The molecule has 0 saturated heterocycles. The van der Waals surface area contributed by atoms with Gasteiger partial charge in [0.15, 0.2) is 5.16 Å². The average molecular weight is 296 g/mol. The average Bonchev–Trinajstić information content (AvgIpc) is 2.79. The molecule has 2 aromatic heterocycles. The van der Waals surface area contributed by atoms with E-state index in [1.54, 1.807) is 12.1 Å². The molecule has 0 fully saturated rings. The summed E-state index contributed by atoms with van der Waals surface area (Å²) in [7, 11) is 0. The molecule has 106 valence electrons. The van der Waals surface area contributed by atoms with Crippen molar-refractivity contribution in [2.45, 2.75) is 12.1 Å². The van der Waals surface area contributed by atoms with Crippen LogP contribution < -0.4 is 10.4 Å². The first-order chi connectivity index (χ1) is 9.61. The summed E-state index contributed by atoms with van der Waals surface area (Å²) in [5.74, 6) is -0.719. The largest absolute Gasteiger partial charge is 0.481 e. The third-order valence-corrected chi connectivity index (χ3v) is 3.16. The fraction of sp³-hybridized carbons (Fsp3) is 0.273. The fourth-order valence-electron chi connectivity index (χ4n) is 1.47. The number of H-pyrrole nitrogens is 1. The molecule has 9 heteroatoms. The summed E-state index contributed by atoms with van der Waals surface area (Å²) in [4.78, 5) is 26.3. The number of pyridine rings is 1. The van der Waals surface area contributed by atoms with Crippen LogP contribution in [0.15, 0.2) is 28.3 Å². The van der Waals surface area contributed by atoms with Gasteiger partial charge in [-0.1, -0.05) is 11.8 Å². The number of thioether (sulfide) groups is 1. The topological polar surface area (TPSA) is 110 Å². The highest BCUT2D eigenvalue weighted by Gasteiger charge is 2.13. The van der Waals surface area contributed by atoms with E-state index in [1.165, 1.54) is 10.8 Å². The molecule has 0 amide bonds. The molecule has 0 atom stereocenters. The van der Waals surface area contributed by atoms with Crippen LogP contribution in [-0.2, 0) is 4.79 Å². The van der Waals surface area contributed by atoms with Crippen molar-refractivity contribution in [2.24, 2.45) is 0 Å². The Morgan fingerprint density at radius 3 is 2.95 bits per heavy atom. The highest BCUT2D eigenvalue weighted by molar-refractivity contribution is 7.99. The summed E-state index contributed by atoms with van der Waals surface area (Å²) in [6.45, 7) is 2.34. The smallest absolute Gasteiger partial charge is 0.348 e.